The minimum absolute atomic E-state index is 0.437. The average molecular weight is 411 g/mol. The van der Waals surface area contributed by atoms with E-state index in [1.165, 1.54) is 17.6 Å². The van der Waals surface area contributed by atoms with Crippen molar-refractivity contribution in [2.45, 2.75) is 12.5 Å². The fourth-order valence-corrected chi connectivity index (χ4v) is 3.79. The first-order chi connectivity index (χ1) is 13.5. The van der Waals surface area contributed by atoms with E-state index in [0.717, 1.165) is 15.6 Å². The molecule has 0 radical (unpaired) electrons. The molecule has 1 aromatic heterocycles. The van der Waals surface area contributed by atoms with Crippen molar-refractivity contribution in [3.05, 3.63) is 76.3 Å². The molecule has 1 fully saturated rings. The molecule has 1 aliphatic heterocycles. The van der Waals surface area contributed by atoms with E-state index in [1.807, 2.05) is 35.7 Å². The standard InChI is InChI=1S/C20H15ClN4O2S/c1-20(14-5-3-2-4-6-14)18(26)25(19(27)24-20)22-11-16-12-28-17(23-16)13-7-9-15(21)10-8-13/h2-12H,1H3,(H,24,27)/b22-11-/t20-/m0/s1. The summed E-state index contributed by atoms with van der Waals surface area (Å²) in [5, 5.41) is 10.9. The van der Waals surface area contributed by atoms with Crippen LogP contribution in [0.3, 0.4) is 0 Å². The Balaban J connectivity index is 1.54. The molecule has 2 heterocycles. The number of amides is 3. The van der Waals surface area contributed by atoms with E-state index in [-0.39, 0.29) is 0 Å². The molecule has 1 saturated heterocycles. The van der Waals surface area contributed by atoms with Crippen LogP contribution in [0.15, 0.2) is 65.1 Å². The van der Waals surface area contributed by atoms with Gasteiger partial charge < -0.3 is 5.32 Å². The van der Waals surface area contributed by atoms with Gasteiger partial charge in [0, 0.05) is 16.0 Å². The van der Waals surface area contributed by atoms with Gasteiger partial charge in [-0.2, -0.15) is 5.10 Å². The molecule has 140 valence electrons. The molecule has 1 N–H and O–H groups in total. The van der Waals surface area contributed by atoms with Crippen molar-refractivity contribution in [2.24, 2.45) is 5.10 Å². The van der Waals surface area contributed by atoms with Crippen LogP contribution in [0.5, 0.6) is 0 Å². The maximum Gasteiger partial charge on any atom is 0.346 e. The topological polar surface area (TPSA) is 74.7 Å². The van der Waals surface area contributed by atoms with Crippen LogP contribution in [0.1, 0.15) is 18.2 Å². The lowest BCUT2D eigenvalue weighted by Gasteiger charge is -2.20. The number of imide groups is 1. The highest BCUT2D eigenvalue weighted by Gasteiger charge is 2.49. The molecular weight excluding hydrogens is 396 g/mol. The highest BCUT2D eigenvalue weighted by molar-refractivity contribution is 7.13. The number of rotatable bonds is 4. The van der Waals surface area contributed by atoms with Crippen molar-refractivity contribution in [2.75, 3.05) is 0 Å². The predicted octanol–water partition coefficient (Wildman–Crippen LogP) is 4.26. The number of carbonyl (C=O) groups is 2. The van der Waals surface area contributed by atoms with Crippen LogP contribution in [0.4, 0.5) is 4.79 Å². The van der Waals surface area contributed by atoms with Gasteiger partial charge in [-0.05, 0) is 24.6 Å². The molecule has 1 aliphatic rings. The summed E-state index contributed by atoms with van der Waals surface area (Å²) in [6.45, 7) is 1.67. The highest BCUT2D eigenvalue weighted by Crippen LogP contribution is 2.29. The number of thiazole rings is 1. The van der Waals surface area contributed by atoms with Crippen molar-refractivity contribution in [3.63, 3.8) is 0 Å². The summed E-state index contributed by atoms with van der Waals surface area (Å²) in [6, 6.07) is 15.9. The number of hydrazone groups is 1. The van der Waals surface area contributed by atoms with E-state index in [2.05, 4.69) is 15.4 Å². The molecule has 0 bridgehead atoms. The molecule has 0 unspecified atom stereocenters. The number of carbonyl (C=O) groups excluding carboxylic acids is 2. The van der Waals surface area contributed by atoms with Crippen LogP contribution in [0, 0.1) is 0 Å². The van der Waals surface area contributed by atoms with Crippen molar-refractivity contribution in [1.29, 1.82) is 0 Å². The van der Waals surface area contributed by atoms with Gasteiger partial charge in [0.25, 0.3) is 5.91 Å². The van der Waals surface area contributed by atoms with Crippen LogP contribution in [0.25, 0.3) is 10.6 Å². The van der Waals surface area contributed by atoms with E-state index in [4.69, 9.17) is 11.6 Å². The van der Waals surface area contributed by atoms with E-state index in [0.29, 0.717) is 16.3 Å². The van der Waals surface area contributed by atoms with Crippen LogP contribution in [0.2, 0.25) is 5.02 Å². The minimum Gasteiger partial charge on any atom is -0.318 e. The Morgan fingerprint density at radius 3 is 2.57 bits per heavy atom. The van der Waals surface area contributed by atoms with E-state index >= 15 is 0 Å². The number of hydrogen-bond donors (Lipinski definition) is 1. The number of hydrogen-bond acceptors (Lipinski definition) is 5. The second-order valence-electron chi connectivity index (χ2n) is 6.37. The summed E-state index contributed by atoms with van der Waals surface area (Å²) in [5.41, 5.74) is 1.04. The summed E-state index contributed by atoms with van der Waals surface area (Å²) in [4.78, 5) is 29.6. The summed E-state index contributed by atoms with van der Waals surface area (Å²) in [6.07, 6.45) is 1.41. The second kappa shape index (κ2) is 7.18. The lowest BCUT2D eigenvalue weighted by atomic mass is 9.92. The summed E-state index contributed by atoms with van der Waals surface area (Å²) < 4.78 is 0. The molecule has 0 saturated carbocycles. The van der Waals surface area contributed by atoms with Crippen LogP contribution >= 0.6 is 22.9 Å². The zero-order chi connectivity index (χ0) is 19.7. The Kier molecular flexibility index (Phi) is 4.70. The highest BCUT2D eigenvalue weighted by atomic mass is 35.5. The Labute approximate surface area is 170 Å². The number of aromatic nitrogens is 1. The Hall–Kier alpha value is -3.03. The third kappa shape index (κ3) is 3.30. The van der Waals surface area contributed by atoms with Gasteiger partial charge in [-0.3, -0.25) is 4.79 Å². The van der Waals surface area contributed by atoms with Crippen LogP contribution < -0.4 is 5.32 Å². The first-order valence-electron chi connectivity index (χ1n) is 8.45. The molecule has 2 aromatic carbocycles. The first kappa shape index (κ1) is 18.3. The molecule has 3 amide bonds. The zero-order valence-electron chi connectivity index (χ0n) is 14.8. The lowest BCUT2D eigenvalue weighted by Crippen LogP contribution is -2.40. The number of nitrogens with zero attached hydrogens (tertiary/aromatic N) is 3. The number of benzene rings is 2. The third-order valence-corrected chi connectivity index (χ3v) is 5.60. The fourth-order valence-electron chi connectivity index (χ4n) is 2.88. The molecule has 28 heavy (non-hydrogen) atoms. The molecular formula is C20H15ClN4O2S. The van der Waals surface area contributed by atoms with Crippen molar-refractivity contribution < 1.29 is 9.59 Å². The summed E-state index contributed by atoms with van der Waals surface area (Å²) in [5.74, 6) is -0.437. The second-order valence-corrected chi connectivity index (χ2v) is 7.66. The zero-order valence-corrected chi connectivity index (χ0v) is 16.4. The molecule has 0 spiro atoms. The summed E-state index contributed by atoms with van der Waals surface area (Å²) in [7, 11) is 0. The van der Waals surface area contributed by atoms with E-state index in [9.17, 15) is 9.59 Å². The van der Waals surface area contributed by atoms with E-state index in [1.54, 1.807) is 31.2 Å². The van der Waals surface area contributed by atoms with Gasteiger partial charge in [0.1, 0.15) is 10.5 Å². The largest absolute Gasteiger partial charge is 0.346 e. The van der Waals surface area contributed by atoms with Crippen molar-refractivity contribution in [3.8, 4) is 10.6 Å². The van der Waals surface area contributed by atoms with Gasteiger partial charge in [-0.25, -0.2) is 9.78 Å². The third-order valence-electron chi connectivity index (χ3n) is 4.44. The first-order valence-corrected chi connectivity index (χ1v) is 9.71. The number of nitrogens with one attached hydrogen (secondary N) is 1. The lowest BCUT2D eigenvalue weighted by molar-refractivity contribution is -0.131. The van der Waals surface area contributed by atoms with E-state index < -0.39 is 17.5 Å². The average Bonchev–Trinajstić information content (AvgIpc) is 3.25. The maximum atomic E-state index is 12.8. The van der Waals surface area contributed by atoms with Crippen molar-refractivity contribution in [1.82, 2.24) is 15.3 Å². The number of urea groups is 1. The Morgan fingerprint density at radius 1 is 1.14 bits per heavy atom. The fraction of sp³-hybridized carbons (Fsp3) is 0.100. The van der Waals surface area contributed by atoms with Crippen LogP contribution in [-0.4, -0.2) is 28.1 Å². The summed E-state index contributed by atoms with van der Waals surface area (Å²) >= 11 is 7.35. The minimum atomic E-state index is -1.15. The molecule has 4 rings (SSSR count). The van der Waals surface area contributed by atoms with Crippen LogP contribution in [-0.2, 0) is 10.3 Å². The molecule has 3 aromatic rings. The maximum absolute atomic E-state index is 12.8. The van der Waals surface area contributed by atoms with Crippen molar-refractivity contribution >= 4 is 41.1 Å². The van der Waals surface area contributed by atoms with Gasteiger partial charge in [0.2, 0.25) is 0 Å². The Morgan fingerprint density at radius 2 is 1.86 bits per heavy atom. The molecule has 1 atom stereocenters. The molecule has 0 aliphatic carbocycles. The SMILES string of the molecule is C[C@@]1(c2ccccc2)NC(=O)N(/N=C\c2csc(-c3ccc(Cl)cc3)n2)C1=O. The normalized spacial score (nSPS) is 19.4. The van der Waals surface area contributed by atoms with Gasteiger partial charge in [-0.15, -0.1) is 16.3 Å². The number of halogens is 1. The van der Waals surface area contributed by atoms with Gasteiger partial charge >= 0.3 is 6.03 Å². The monoisotopic (exact) mass is 410 g/mol. The smallest absolute Gasteiger partial charge is 0.318 e. The molecule has 6 nitrogen and oxygen atoms in total. The predicted molar refractivity (Wildman–Crippen MR) is 109 cm³/mol. The van der Waals surface area contributed by atoms with Gasteiger partial charge in [0.15, 0.2) is 0 Å². The Bertz CT molecular complexity index is 1070. The molecule has 8 heteroatoms. The quantitative estimate of drug-likeness (QED) is 0.515. The van der Waals surface area contributed by atoms with Gasteiger partial charge in [-0.1, -0.05) is 54.1 Å². The van der Waals surface area contributed by atoms with Gasteiger partial charge in [0.05, 0.1) is 11.9 Å².